The van der Waals surface area contributed by atoms with Gasteiger partial charge in [0.15, 0.2) is 0 Å². The van der Waals surface area contributed by atoms with Crippen LogP contribution in [0.5, 0.6) is 5.75 Å². The Labute approximate surface area is 133 Å². The molecule has 21 heavy (non-hydrogen) atoms. The van der Waals surface area contributed by atoms with E-state index < -0.39 is 0 Å². The van der Waals surface area contributed by atoms with Crippen molar-refractivity contribution in [3.63, 3.8) is 0 Å². The molecule has 0 spiro atoms. The Kier molecular flexibility index (Phi) is 4.91. The molecular formula is C16H18ClNO2S. The maximum atomic E-state index is 12.4. The van der Waals surface area contributed by atoms with Gasteiger partial charge in [-0.15, -0.1) is 11.3 Å². The van der Waals surface area contributed by atoms with E-state index in [1.165, 1.54) is 21.8 Å². The van der Waals surface area contributed by atoms with Gasteiger partial charge < -0.3 is 10.1 Å². The number of halogens is 1. The number of amides is 1. The summed E-state index contributed by atoms with van der Waals surface area (Å²) in [7, 11) is 1.56. The summed E-state index contributed by atoms with van der Waals surface area (Å²) in [6.07, 6.45) is 0.930. The Hall–Kier alpha value is -1.52. The summed E-state index contributed by atoms with van der Waals surface area (Å²) in [5.74, 6) is 0.436. The number of aryl methyl sites for hydroxylation is 3. The zero-order chi connectivity index (χ0) is 15.6. The molecule has 1 aromatic carbocycles. The fourth-order valence-electron chi connectivity index (χ4n) is 2.10. The number of carbonyl (C=O) groups excluding carboxylic acids is 1. The molecular weight excluding hydrogens is 306 g/mol. The van der Waals surface area contributed by atoms with Gasteiger partial charge in [0.05, 0.1) is 17.7 Å². The summed E-state index contributed by atoms with van der Waals surface area (Å²) in [5.41, 5.74) is 2.74. The fraction of sp³-hybridized carbons (Fsp3) is 0.312. The minimum Gasteiger partial charge on any atom is -0.495 e. The summed E-state index contributed by atoms with van der Waals surface area (Å²) < 4.78 is 5.27. The number of anilines is 1. The highest BCUT2D eigenvalue weighted by atomic mass is 35.5. The predicted molar refractivity (Wildman–Crippen MR) is 89.1 cm³/mol. The van der Waals surface area contributed by atoms with Crippen LogP contribution in [-0.2, 0) is 6.42 Å². The highest BCUT2D eigenvalue weighted by Gasteiger charge is 2.15. The van der Waals surface area contributed by atoms with Crippen LogP contribution in [0.1, 0.15) is 32.6 Å². The largest absolute Gasteiger partial charge is 0.495 e. The number of methoxy groups -OCH3 is 1. The number of thiophene rings is 1. The van der Waals surface area contributed by atoms with Crippen LogP contribution in [0.3, 0.4) is 0 Å². The maximum absolute atomic E-state index is 12.4. The van der Waals surface area contributed by atoms with E-state index in [0.29, 0.717) is 21.3 Å². The Morgan fingerprint density at radius 1 is 1.33 bits per heavy atom. The molecule has 2 aromatic rings. The third-order valence-corrected chi connectivity index (χ3v) is 4.85. The van der Waals surface area contributed by atoms with Gasteiger partial charge in [-0.1, -0.05) is 18.5 Å². The molecule has 0 aliphatic carbocycles. The Morgan fingerprint density at radius 3 is 2.62 bits per heavy atom. The van der Waals surface area contributed by atoms with Crippen molar-refractivity contribution in [3.05, 3.63) is 44.1 Å². The van der Waals surface area contributed by atoms with E-state index in [1.807, 2.05) is 26.0 Å². The highest BCUT2D eigenvalue weighted by molar-refractivity contribution is 7.14. The van der Waals surface area contributed by atoms with E-state index >= 15 is 0 Å². The molecule has 1 aromatic heterocycles. The lowest BCUT2D eigenvalue weighted by atomic mass is 10.2. The monoisotopic (exact) mass is 323 g/mol. The summed E-state index contributed by atoms with van der Waals surface area (Å²) >= 11 is 7.58. The predicted octanol–water partition coefficient (Wildman–Crippen LogP) is 4.84. The second-order valence-corrected chi connectivity index (χ2v) is 6.46. The molecule has 1 heterocycles. The molecule has 1 amide bonds. The van der Waals surface area contributed by atoms with Gasteiger partial charge in [-0.05, 0) is 43.5 Å². The number of hydrogen-bond acceptors (Lipinski definition) is 3. The van der Waals surface area contributed by atoms with E-state index in [2.05, 4.69) is 12.2 Å². The number of carbonyl (C=O) groups is 1. The Bertz CT molecular complexity index is 679. The minimum atomic E-state index is -0.122. The van der Waals surface area contributed by atoms with Crippen LogP contribution in [-0.4, -0.2) is 13.0 Å². The van der Waals surface area contributed by atoms with Crippen LogP contribution in [0.25, 0.3) is 0 Å². The third kappa shape index (κ3) is 3.39. The van der Waals surface area contributed by atoms with Crippen LogP contribution < -0.4 is 10.1 Å². The van der Waals surface area contributed by atoms with Crippen molar-refractivity contribution in [2.75, 3.05) is 12.4 Å². The molecule has 1 N–H and O–H groups in total. The number of benzene rings is 1. The van der Waals surface area contributed by atoms with Gasteiger partial charge in [-0.3, -0.25) is 4.79 Å². The minimum absolute atomic E-state index is 0.122. The van der Waals surface area contributed by atoms with Crippen LogP contribution in [0.4, 0.5) is 5.69 Å². The standard InChI is InChI=1S/C16H18ClNO2S/c1-5-11-7-15(21-10(11)3)16(19)18-13-6-9(2)12(17)8-14(13)20-4/h6-8H,5H2,1-4H3,(H,18,19). The molecule has 0 radical (unpaired) electrons. The second kappa shape index (κ2) is 6.50. The lowest BCUT2D eigenvalue weighted by Gasteiger charge is -2.11. The lowest BCUT2D eigenvalue weighted by molar-refractivity contribution is 0.103. The van der Waals surface area contributed by atoms with E-state index in [1.54, 1.807) is 13.2 Å². The van der Waals surface area contributed by atoms with Gasteiger partial charge in [0, 0.05) is 16.0 Å². The number of rotatable bonds is 4. The summed E-state index contributed by atoms with van der Waals surface area (Å²) in [6, 6.07) is 5.48. The highest BCUT2D eigenvalue weighted by Crippen LogP contribution is 2.32. The van der Waals surface area contributed by atoms with Crippen molar-refractivity contribution < 1.29 is 9.53 Å². The first-order valence-corrected chi connectivity index (χ1v) is 7.90. The molecule has 3 nitrogen and oxygen atoms in total. The van der Waals surface area contributed by atoms with Crippen molar-refractivity contribution in [1.82, 2.24) is 0 Å². The fourth-order valence-corrected chi connectivity index (χ4v) is 3.26. The molecule has 0 aliphatic heterocycles. The van der Waals surface area contributed by atoms with E-state index in [9.17, 15) is 4.79 Å². The number of hydrogen-bond donors (Lipinski definition) is 1. The van der Waals surface area contributed by atoms with E-state index in [0.717, 1.165) is 12.0 Å². The average Bonchev–Trinajstić information content (AvgIpc) is 2.83. The summed E-state index contributed by atoms with van der Waals surface area (Å²) in [5, 5.41) is 3.51. The van der Waals surface area contributed by atoms with Crippen LogP contribution in [0.2, 0.25) is 5.02 Å². The van der Waals surface area contributed by atoms with Gasteiger partial charge in [-0.2, -0.15) is 0 Å². The molecule has 0 unspecified atom stereocenters. The average molecular weight is 324 g/mol. The quantitative estimate of drug-likeness (QED) is 0.874. The number of ether oxygens (including phenoxy) is 1. The maximum Gasteiger partial charge on any atom is 0.265 e. The van der Waals surface area contributed by atoms with Crippen molar-refractivity contribution in [3.8, 4) is 5.75 Å². The first-order chi connectivity index (χ1) is 9.96. The normalized spacial score (nSPS) is 10.5. The van der Waals surface area contributed by atoms with Crippen molar-refractivity contribution in [2.45, 2.75) is 27.2 Å². The molecule has 0 fully saturated rings. The zero-order valence-corrected chi connectivity index (χ0v) is 14.1. The molecule has 2 rings (SSSR count). The van der Waals surface area contributed by atoms with Crippen LogP contribution in [0, 0.1) is 13.8 Å². The molecule has 0 saturated carbocycles. The SMILES string of the molecule is CCc1cc(C(=O)Nc2cc(C)c(Cl)cc2OC)sc1C. The van der Waals surface area contributed by atoms with Crippen molar-refractivity contribution >= 4 is 34.5 Å². The first kappa shape index (κ1) is 15.9. The zero-order valence-electron chi connectivity index (χ0n) is 12.5. The van der Waals surface area contributed by atoms with Gasteiger partial charge in [-0.25, -0.2) is 0 Å². The molecule has 0 bridgehead atoms. The molecule has 0 saturated heterocycles. The summed E-state index contributed by atoms with van der Waals surface area (Å²) in [6.45, 7) is 6.01. The number of nitrogens with one attached hydrogen (secondary N) is 1. The van der Waals surface area contributed by atoms with E-state index in [-0.39, 0.29) is 5.91 Å². The second-order valence-electron chi connectivity index (χ2n) is 4.80. The smallest absolute Gasteiger partial charge is 0.265 e. The Balaban J connectivity index is 2.28. The van der Waals surface area contributed by atoms with Crippen molar-refractivity contribution in [2.24, 2.45) is 0 Å². The topological polar surface area (TPSA) is 38.3 Å². The van der Waals surface area contributed by atoms with Gasteiger partial charge in [0.25, 0.3) is 5.91 Å². The molecule has 112 valence electrons. The lowest BCUT2D eigenvalue weighted by Crippen LogP contribution is -2.11. The molecule has 0 atom stereocenters. The first-order valence-electron chi connectivity index (χ1n) is 6.71. The van der Waals surface area contributed by atoms with E-state index in [4.69, 9.17) is 16.3 Å². The third-order valence-electron chi connectivity index (χ3n) is 3.35. The van der Waals surface area contributed by atoms with Gasteiger partial charge >= 0.3 is 0 Å². The molecule has 5 heteroatoms. The van der Waals surface area contributed by atoms with Gasteiger partial charge in [0.1, 0.15) is 5.75 Å². The Morgan fingerprint density at radius 2 is 2.05 bits per heavy atom. The van der Waals surface area contributed by atoms with Crippen LogP contribution in [0.15, 0.2) is 18.2 Å². The summed E-state index contributed by atoms with van der Waals surface area (Å²) in [4.78, 5) is 14.3. The van der Waals surface area contributed by atoms with Gasteiger partial charge in [0.2, 0.25) is 0 Å². The van der Waals surface area contributed by atoms with Crippen molar-refractivity contribution in [1.29, 1.82) is 0 Å². The van der Waals surface area contributed by atoms with Crippen LogP contribution >= 0.6 is 22.9 Å². The molecule has 0 aliphatic rings.